The van der Waals surface area contributed by atoms with Crippen molar-refractivity contribution in [2.24, 2.45) is 0 Å². The average molecular weight is 66.1 g/mol. The Balaban J connectivity index is 3.11. The topological polar surface area (TPSA) is 29.5 Å². The van der Waals surface area contributed by atoms with Crippen molar-refractivity contribution in [1.82, 2.24) is 0 Å². The van der Waals surface area contributed by atoms with E-state index in [-0.39, 0.29) is 0 Å². The maximum absolute atomic E-state index is 6.38. The molecule has 0 aliphatic heterocycles. The molecular formula is C2H6O2. The fourth-order valence-corrected chi connectivity index (χ4v) is 0. The van der Waals surface area contributed by atoms with Crippen molar-refractivity contribution in [3.05, 3.63) is 0 Å². The van der Waals surface area contributed by atoms with Crippen molar-refractivity contribution in [3.8, 4) is 0 Å². The van der Waals surface area contributed by atoms with Crippen LogP contribution in [0, 0.1) is 0 Å². The summed E-state index contributed by atoms with van der Waals surface area (Å²) in [6.45, 7) is -0.517. The summed E-state index contributed by atoms with van der Waals surface area (Å²) in [5, 5.41) is 3.59. The molecule has 0 radical (unpaired) electrons. The van der Waals surface area contributed by atoms with E-state index in [1.807, 2.05) is 0 Å². The van der Waals surface area contributed by atoms with E-state index in [1.54, 1.807) is 0 Å². The number of ether oxygens (including phenoxy) is 1. The highest BCUT2D eigenvalue weighted by atomic mass is 16.6. The van der Waals surface area contributed by atoms with Crippen molar-refractivity contribution < 1.29 is 14.0 Å². The highest BCUT2D eigenvalue weighted by molar-refractivity contribution is 3.72. The lowest BCUT2D eigenvalue weighted by molar-refractivity contribution is 0.0325. The van der Waals surface area contributed by atoms with Crippen LogP contribution >= 0.6 is 0 Å². The molecule has 0 heterocycles. The molecule has 2 nitrogen and oxygen atoms in total. The second kappa shape index (κ2) is 2.92. The molecule has 26 valence electrons. The van der Waals surface area contributed by atoms with E-state index in [0.29, 0.717) is 0 Å². The van der Waals surface area contributed by atoms with Gasteiger partial charge >= 0.3 is 0 Å². The van der Waals surface area contributed by atoms with Crippen molar-refractivity contribution in [2.45, 2.75) is 0 Å². The molecule has 0 aromatic carbocycles. The van der Waals surface area contributed by atoms with Crippen LogP contribution in [-0.2, 0) is 4.74 Å². The van der Waals surface area contributed by atoms with Gasteiger partial charge in [0.15, 0.2) is 0 Å². The third-order valence-electron chi connectivity index (χ3n) is 0.0589. The van der Waals surface area contributed by atoms with Gasteiger partial charge in [0.25, 0.3) is 0 Å². The monoisotopic (exact) mass is 66.1 g/mol. The fraction of sp³-hybridized carbons (Fsp3) is 1.00. The van der Waals surface area contributed by atoms with Gasteiger partial charge < -0.3 is 9.85 Å². The van der Waals surface area contributed by atoms with Crippen molar-refractivity contribution in [2.75, 3.05) is 13.8 Å². The Morgan fingerprint density at radius 2 is 3.75 bits per heavy atom. The first-order valence-electron chi connectivity index (χ1n) is 2.69. The quantitative estimate of drug-likeness (QED) is 0.444. The first kappa shape index (κ1) is 0.698. The molecule has 1 N–H and O–H groups in total. The summed E-state index contributed by atoms with van der Waals surface area (Å²) in [5.41, 5.74) is 0. The number of hydrogen-bond acceptors (Lipinski definition) is 2. The highest BCUT2D eigenvalue weighted by Crippen LogP contribution is 1.46. The van der Waals surface area contributed by atoms with Gasteiger partial charge in [-0.3, -0.25) is 0 Å². The van der Waals surface area contributed by atoms with Gasteiger partial charge in [0.2, 0.25) is 1.43 Å². The Kier molecular flexibility index (Phi) is 0.510. The summed E-state index contributed by atoms with van der Waals surface area (Å²) in [7, 11) is -2.44. The predicted octanol–water partition coefficient (Wildman–Crippen LogP) is -0.417. The lowest BCUT2D eigenvalue weighted by atomic mass is 11.4. The first-order chi connectivity index (χ1) is 3.56. The van der Waals surface area contributed by atoms with Gasteiger partial charge in [0, 0.05) is 7.04 Å². The number of hydrogen-bond donors (Lipinski definition) is 1. The van der Waals surface area contributed by atoms with Crippen LogP contribution < -0.4 is 0 Å². The summed E-state index contributed by atoms with van der Waals surface area (Å²) < 4.78 is 29.1. The Labute approximate surface area is 30.7 Å². The molecule has 0 amide bonds. The lowest BCUT2D eigenvalue weighted by Crippen LogP contribution is -1.79. The van der Waals surface area contributed by atoms with Gasteiger partial charge in [-0.2, -0.15) is 0 Å². The molecule has 0 aromatic heterocycles. The third kappa shape index (κ3) is 1.92. The Bertz CT molecular complexity index is 59.5. The van der Waals surface area contributed by atoms with Crippen LogP contribution in [0.1, 0.15) is 4.11 Å². The van der Waals surface area contributed by atoms with Gasteiger partial charge in [-0.15, -0.1) is 0 Å². The van der Waals surface area contributed by atoms with E-state index < -0.39 is 13.8 Å². The SMILES string of the molecule is [2H]OCOC([2H])([2H])[2H]. The molecule has 0 fully saturated rings. The second-order valence-corrected chi connectivity index (χ2v) is 0.262. The zero-order valence-electron chi connectivity index (χ0n) is 6.02. The molecule has 0 rings (SSSR count). The van der Waals surface area contributed by atoms with Crippen LogP contribution in [0.4, 0.5) is 0 Å². The second-order valence-electron chi connectivity index (χ2n) is 0.262. The summed E-state index contributed by atoms with van der Waals surface area (Å²) in [6.07, 6.45) is 0. The zero-order chi connectivity index (χ0) is 6.62. The number of aliphatic hydroxyl groups is 1. The summed E-state index contributed by atoms with van der Waals surface area (Å²) in [6, 6.07) is 0. The molecule has 0 saturated heterocycles. The van der Waals surface area contributed by atoms with Crippen LogP contribution in [0.25, 0.3) is 0 Å². The molecule has 0 aliphatic rings. The van der Waals surface area contributed by atoms with Crippen LogP contribution in [0.3, 0.4) is 0 Å². The average Bonchev–Trinajstić information content (AvgIpc) is 1.59. The van der Waals surface area contributed by atoms with Crippen molar-refractivity contribution in [1.29, 1.82) is 1.43 Å². The maximum atomic E-state index is 6.38. The molecule has 0 atom stereocenters. The standard InChI is InChI=1S/C2H6O2/c1-4-2-3/h3H,2H2,1H3/i1D3,3D. The van der Waals surface area contributed by atoms with Crippen LogP contribution in [0.15, 0.2) is 0 Å². The van der Waals surface area contributed by atoms with E-state index in [9.17, 15) is 0 Å². The zero-order valence-corrected chi connectivity index (χ0v) is 2.02. The Morgan fingerprint density at radius 3 is 4.00 bits per heavy atom. The van der Waals surface area contributed by atoms with Crippen LogP contribution in [0.2, 0.25) is 0 Å². The molecule has 0 bridgehead atoms. The van der Waals surface area contributed by atoms with E-state index in [0.717, 1.165) is 0 Å². The summed E-state index contributed by atoms with van der Waals surface area (Å²) in [5.74, 6) is 0. The molecule has 0 unspecified atom stereocenters. The number of rotatable bonds is 2. The molecule has 0 aromatic rings. The molecular weight excluding hydrogens is 56.0 g/mol. The lowest BCUT2D eigenvalue weighted by Gasteiger charge is -1.76. The smallest absolute Gasteiger partial charge is 0.213 e. The van der Waals surface area contributed by atoms with Crippen molar-refractivity contribution in [3.63, 3.8) is 0 Å². The molecule has 2 heteroatoms. The largest absolute Gasteiger partial charge is 0.371 e. The number of methoxy groups -OCH3 is 1. The van der Waals surface area contributed by atoms with Crippen molar-refractivity contribution >= 4 is 0 Å². The predicted molar refractivity (Wildman–Crippen MR) is 14.1 cm³/mol. The minimum atomic E-state index is -2.44. The van der Waals surface area contributed by atoms with Crippen LogP contribution in [-0.4, -0.2) is 20.4 Å². The fourth-order valence-electron chi connectivity index (χ4n) is 0. The Hall–Kier alpha value is -0.0800. The van der Waals surface area contributed by atoms with E-state index >= 15 is 0 Å². The van der Waals surface area contributed by atoms with Gasteiger partial charge in [-0.05, 0) is 0 Å². The molecule has 0 saturated carbocycles. The highest BCUT2D eigenvalue weighted by Gasteiger charge is 1.51. The summed E-state index contributed by atoms with van der Waals surface area (Å²) >= 11 is 0. The van der Waals surface area contributed by atoms with Gasteiger partial charge in [-0.1, -0.05) is 0 Å². The number of aliphatic hydroxyl groups excluding tert-OH is 1. The van der Waals surface area contributed by atoms with Crippen LogP contribution in [0.5, 0.6) is 0 Å². The van der Waals surface area contributed by atoms with E-state index in [1.165, 1.54) is 0 Å². The summed E-state index contributed by atoms with van der Waals surface area (Å²) in [4.78, 5) is 0. The van der Waals surface area contributed by atoms with Gasteiger partial charge in [0.05, 0.1) is 4.11 Å². The first-order valence-corrected chi connectivity index (χ1v) is 0.781. The van der Waals surface area contributed by atoms with Gasteiger partial charge in [-0.25, -0.2) is 0 Å². The third-order valence-corrected chi connectivity index (χ3v) is 0.0589. The molecule has 0 aliphatic carbocycles. The normalized spacial score (nSPS) is 25.0. The van der Waals surface area contributed by atoms with E-state index in [4.69, 9.17) is 5.54 Å². The minimum Gasteiger partial charge on any atom is -0.371 e. The minimum absolute atomic E-state index is 0.517. The molecule has 0 spiro atoms. The van der Waals surface area contributed by atoms with Gasteiger partial charge in [0.1, 0.15) is 6.79 Å². The maximum Gasteiger partial charge on any atom is 0.213 e. The van der Waals surface area contributed by atoms with E-state index in [2.05, 4.69) is 9.85 Å². The Morgan fingerprint density at radius 1 is 2.75 bits per heavy atom. The molecule has 4 heavy (non-hydrogen) atoms.